The topological polar surface area (TPSA) is 106 Å². The van der Waals surface area contributed by atoms with Gasteiger partial charge in [-0.2, -0.15) is 5.26 Å². The maximum atomic E-state index is 12.6. The molecule has 0 saturated heterocycles. The van der Waals surface area contributed by atoms with Gasteiger partial charge in [-0.3, -0.25) is 10.1 Å². The molecule has 0 N–H and O–H groups in total. The van der Waals surface area contributed by atoms with Crippen LogP contribution in [-0.4, -0.2) is 23.0 Å². The number of rotatable bonds is 3. The van der Waals surface area contributed by atoms with Crippen LogP contribution in [0.1, 0.15) is 28.2 Å². The molecule has 1 rings (SSSR count). The third-order valence-corrected chi connectivity index (χ3v) is 1.93. The van der Waals surface area contributed by atoms with Crippen LogP contribution in [0.4, 0.5) is 14.5 Å². The van der Waals surface area contributed by atoms with Crippen molar-refractivity contribution in [3.63, 3.8) is 0 Å². The number of aromatic nitrogens is 1. The summed E-state index contributed by atoms with van der Waals surface area (Å²) in [5.74, 6) is -1.23. The molecule has 18 heavy (non-hydrogen) atoms. The summed E-state index contributed by atoms with van der Waals surface area (Å²) in [6, 6.07) is 1.93. The van der Waals surface area contributed by atoms with E-state index in [1.54, 1.807) is 0 Å². The zero-order chi connectivity index (χ0) is 13.9. The highest BCUT2D eigenvalue weighted by Gasteiger charge is 2.28. The van der Waals surface area contributed by atoms with Gasteiger partial charge >= 0.3 is 11.7 Å². The van der Waals surface area contributed by atoms with Crippen LogP contribution in [0, 0.1) is 21.4 Å². The molecule has 0 radical (unpaired) electrons. The quantitative estimate of drug-likeness (QED) is 0.462. The lowest BCUT2D eigenvalue weighted by Gasteiger charge is -2.05. The number of hydrogen-bond acceptors (Lipinski definition) is 6. The molecule has 0 aromatic carbocycles. The van der Waals surface area contributed by atoms with Gasteiger partial charge in [-0.25, -0.2) is 18.6 Å². The maximum absolute atomic E-state index is 12.6. The van der Waals surface area contributed by atoms with Crippen LogP contribution in [0.5, 0.6) is 0 Å². The summed E-state index contributed by atoms with van der Waals surface area (Å²) in [6.07, 6.45) is -3.14. The van der Waals surface area contributed by atoms with Gasteiger partial charge in [-0.1, -0.05) is 0 Å². The largest absolute Gasteiger partial charge is 0.464 e. The molecule has 94 valence electrons. The van der Waals surface area contributed by atoms with Crippen molar-refractivity contribution in [1.29, 1.82) is 5.26 Å². The van der Waals surface area contributed by atoms with E-state index in [9.17, 15) is 23.7 Å². The lowest BCUT2D eigenvalue weighted by molar-refractivity contribution is -0.385. The maximum Gasteiger partial charge on any atom is 0.363 e. The van der Waals surface area contributed by atoms with Gasteiger partial charge in [0.2, 0.25) is 5.69 Å². The van der Waals surface area contributed by atoms with Crippen LogP contribution < -0.4 is 0 Å². The van der Waals surface area contributed by atoms with Gasteiger partial charge in [0.25, 0.3) is 6.43 Å². The molecule has 0 aliphatic rings. The van der Waals surface area contributed by atoms with Crippen molar-refractivity contribution >= 4 is 11.7 Å². The zero-order valence-corrected chi connectivity index (χ0v) is 8.89. The number of pyridine rings is 1. The van der Waals surface area contributed by atoms with Gasteiger partial charge in [0, 0.05) is 6.07 Å². The van der Waals surface area contributed by atoms with E-state index < -0.39 is 40.0 Å². The van der Waals surface area contributed by atoms with E-state index in [4.69, 9.17) is 5.26 Å². The Bertz CT molecular complexity index is 553. The molecule has 9 heteroatoms. The Kier molecular flexibility index (Phi) is 3.83. The smallest absolute Gasteiger partial charge is 0.363 e. The molecule has 0 amide bonds. The van der Waals surface area contributed by atoms with Crippen LogP contribution in [0.15, 0.2) is 6.07 Å². The Hall–Kier alpha value is -2.63. The van der Waals surface area contributed by atoms with Crippen molar-refractivity contribution in [2.75, 3.05) is 7.11 Å². The summed E-state index contributed by atoms with van der Waals surface area (Å²) < 4.78 is 29.3. The molecule has 7 nitrogen and oxygen atoms in total. The van der Waals surface area contributed by atoms with E-state index in [0.717, 1.165) is 7.11 Å². The van der Waals surface area contributed by atoms with Crippen LogP contribution in [-0.2, 0) is 4.74 Å². The first-order valence-electron chi connectivity index (χ1n) is 4.38. The van der Waals surface area contributed by atoms with E-state index in [1.807, 2.05) is 0 Å². The van der Waals surface area contributed by atoms with Gasteiger partial charge in [0.1, 0.15) is 11.8 Å². The molecule has 0 fully saturated rings. The van der Waals surface area contributed by atoms with E-state index >= 15 is 0 Å². The summed E-state index contributed by atoms with van der Waals surface area (Å²) in [4.78, 5) is 24.0. The van der Waals surface area contributed by atoms with Crippen LogP contribution in [0.2, 0.25) is 0 Å². The fourth-order valence-corrected chi connectivity index (χ4v) is 1.16. The molecule has 0 unspecified atom stereocenters. The average Bonchev–Trinajstić information content (AvgIpc) is 2.35. The molecule has 0 atom stereocenters. The minimum Gasteiger partial charge on any atom is -0.464 e. The molecule has 0 spiro atoms. The number of hydrogen-bond donors (Lipinski definition) is 0. The summed E-state index contributed by atoms with van der Waals surface area (Å²) in [5.41, 5.74) is -3.38. The second-order valence-electron chi connectivity index (χ2n) is 2.95. The number of nitro groups is 1. The highest BCUT2D eigenvalue weighted by Crippen LogP contribution is 2.27. The fraction of sp³-hybridized carbons (Fsp3) is 0.222. The number of nitriles is 1. The number of carbonyl (C=O) groups excluding carboxylic acids is 1. The fourth-order valence-electron chi connectivity index (χ4n) is 1.16. The molecule has 1 aromatic heterocycles. The highest BCUT2D eigenvalue weighted by molar-refractivity contribution is 5.91. The van der Waals surface area contributed by atoms with Crippen molar-refractivity contribution < 1.29 is 23.2 Å². The van der Waals surface area contributed by atoms with Crippen molar-refractivity contribution in [1.82, 2.24) is 4.98 Å². The van der Waals surface area contributed by atoms with Gasteiger partial charge < -0.3 is 4.74 Å². The Morgan fingerprint density at radius 1 is 1.67 bits per heavy atom. The molecular formula is C9H5F2N3O4. The molecule has 1 aromatic rings. The summed E-state index contributed by atoms with van der Waals surface area (Å²) >= 11 is 0. The van der Waals surface area contributed by atoms with Crippen molar-refractivity contribution in [3.05, 3.63) is 33.1 Å². The lowest BCUT2D eigenvalue weighted by Crippen LogP contribution is -2.11. The van der Waals surface area contributed by atoms with Gasteiger partial charge in [-0.15, -0.1) is 0 Å². The zero-order valence-electron chi connectivity index (χ0n) is 8.89. The van der Waals surface area contributed by atoms with E-state index in [0.29, 0.717) is 6.07 Å². The van der Waals surface area contributed by atoms with E-state index in [-0.39, 0.29) is 0 Å². The molecule has 1 heterocycles. The van der Waals surface area contributed by atoms with Crippen molar-refractivity contribution in [2.45, 2.75) is 6.43 Å². The predicted octanol–water partition coefficient (Wildman–Crippen LogP) is 1.59. The summed E-state index contributed by atoms with van der Waals surface area (Å²) in [7, 11) is 0.925. The molecular weight excluding hydrogens is 252 g/mol. The third kappa shape index (κ3) is 2.37. The number of nitrogens with zero attached hydrogens (tertiary/aromatic N) is 3. The number of carbonyl (C=O) groups is 1. The second-order valence-corrected chi connectivity index (χ2v) is 2.95. The van der Waals surface area contributed by atoms with Crippen LogP contribution in [0.3, 0.4) is 0 Å². The highest BCUT2D eigenvalue weighted by atomic mass is 19.3. The van der Waals surface area contributed by atoms with Crippen molar-refractivity contribution in [3.8, 4) is 6.07 Å². The first-order valence-corrected chi connectivity index (χ1v) is 4.38. The van der Waals surface area contributed by atoms with Crippen LogP contribution in [0.25, 0.3) is 0 Å². The minimum atomic E-state index is -3.14. The second kappa shape index (κ2) is 5.13. The first-order chi connectivity index (χ1) is 8.42. The number of halogens is 2. The number of methoxy groups -OCH3 is 1. The standard InChI is InChI=1S/C9H5F2N3O4/c1-18-9(15)7-5(14(16)17)2-4(3-12)6(13-7)8(10)11/h2,8H,1H3. The van der Waals surface area contributed by atoms with Crippen LogP contribution >= 0.6 is 0 Å². The molecule has 0 saturated carbocycles. The first kappa shape index (κ1) is 13.4. The Morgan fingerprint density at radius 2 is 2.28 bits per heavy atom. The number of esters is 1. The monoisotopic (exact) mass is 257 g/mol. The molecule has 0 aliphatic carbocycles. The Balaban J connectivity index is 3.59. The Morgan fingerprint density at radius 3 is 2.67 bits per heavy atom. The SMILES string of the molecule is COC(=O)c1nc(C(F)F)c(C#N)cc1[N+](=O)[O-]. The predicted molar refractivity (Wildman–Crippen MR) is 51.9 cm³/mol. The van der Waals surface area contributed by atoms with Gasteiger partial charge in [0.05, 0.1) is 17.6 Å². The van der Waals surface area contributed by atoms with Gasteiger partial charge in [0.15, 0.2) is 0 Å². The summed E-state index contributed by atoms with van der Waals surface area (Å²) in [5, 5.41) is 19.3. The molecule has 0 aliphatic heterocycles. The number of alkyl halides is 2. The lowest BCUT2D eigenvalue weighted by atomic mass is 10.1. The Labute approximate surface area is 98.8 Å². The average molecular weight is 257 g/mol. The van der Waals surface area contributed by atoms with E-state index in [2.05, 4.69) is 9.72 Å². The normalized spacial score (nSPS) is 9.94. The number of ether oxygens (including phenoxy) is 1. The molecule has 0 bridgehead atoms. The minimum absolute atomic E-state index is 0.570. The van der Waals surface area contributed by atoms with Gasteiger partial charge in [-0.05, 0) is 0 Å². The van der Waals surface area contributed by atoms with Crippen molar-refractivity contribution in [2.24, 2.45) is 0 Å². The van der Waals surface area contributed by atoms with E-state index in [1.165, 1.54) is 6.07 Å². The third-order valence-electron chi connectivity index (χ3n) is 1.93. The summed E-state index contributed by atoms with van der Waals surface area (Å²) in [6.45, 7) is 0.